The molecule has 1 N–H and O–H groups in total. The number of hydrogen-bond donors (Lipinski definition) is 1. The summed E-state index contributed by atoms with van der Waals surface area (Å²) in [5.74, 6) is 1.43. The molecule has 0 saturated heterocycles. The van der Waals surface area contributed by atoms with Gasteiger partial charge in [0.1, 0.15) is 0 Å². The van der Waals surface area contributed by atoms with Crippen LogP contribution in [0.4, 0.5) is 4.79 Å². The van der Waals surface area contributed by atoms with Crippen molar-refractivity contribution in [2.24, 2.45) is 0 Å². The molecule has 0 aliphatic carbocycles. The Hall–Kier alpha value is -1.91. The quantitative estimate of drug-likeness (QED) is 0.750. The van der Waals surface area contributed by atoms with Crippen LogP contribution >= 0.6 is 0 Å². The molecule has 1 aromatic rings. The van der Waals surface area contributed by atoms with Crippen LogP contribution in [-0.4, -0.2) is 45.3 Å². The first kappa shape index (κ1) is 17.1. The predicted octanol–water partition coefficient (Wildman–Crippen LogP) is 2.69. The summed E-state index contributed by atoms with van der Waals surface area (Å²) in [5.41, 5.74) is 1.11. The molecule has 0 aliphatic heterocycles. The number of urea groups is 1. The van der Waals surface area contributed by atoms with Gasteiger partial charge in [-0.05, 0) is 30.5 Å². The molecule has 1 rings (SSSR count). The summed E-state index contributed by atoms with van der Waals surface area (Å²) in [6.45, 7) is 3.50. The van der Waals surface area contributed by atoms with Gasteiger partial charge in [-0.25, -0.2) is 4.79 Å². The van der Waals surface area contributed by atoms with Gasteiger partial charge in [-0.3, -0.25) is 0 Å². The molecule has 0 bridgehead atoms. The van der Waals surface area contributed by atoms with Crippen molar-refractivity contribution in [2.75, 3.05) is 34.4 Å². The minimum Gasteiger partial charge on any atom is -0.493 e. The Morgan fingerprint density at radius 2 is 1.95 bits per heavy atom. The van der Waals surface area contributed by atoms with Crippen molar-refractivity contribution in [2.45, 2.75) is 26.2 Å². The fourth-order valence-electron chi connectivity index (χ4n) is 1.94. The number of carbonyl (C=O) groups is 1. The molecule has 0 heterocycles. The number of methoxy groups -OCH3 is 2. The summed E-state index contributed by atoms with van der Waals surface area (Å²) >= 11 is 0. The van der Waals surface area contributed by atoms with Gasteiger partial charge in [-0.1, -0.05) is 19.4 Å². The number of carbonyl (C=O) groups excluding carboxylic acids is 1. The van der Waals surface area contributed by atoms with E-state index in [0.29, 0.717) is 18.0 Å². The van der Waals surface area contributed by atoms with E-state index in [-0.39, 0.29) is 6.03 Å². The van der Waals surface area contributed by atoms with Crippen LogP contribution in [0.5, 0.6) is 11.5 Å². The first-order valence-electron chi connectivity index (χ1n) is 7.32. The van der Waals surface area contributed by atoms with Crippen LogP contribution in [0.2, 0.25) is 0 Å². The van der Waals surface area contributed by atoms with Gasteiger partial charge < -0.3 is 19.7 Å². The number of nitrogens with one attached hydrogen (secondary N) is 1. The molecule has 0 unspecified atom stereocenters. The predicted molar refractivity (Wildman–Crippen MR) is 84.2 cm³/mol. The summed E-state index contributed by atoms with van der Waals surface area (Å²) in [6.07, 6.45) is 2.86. The highest BCUT2D eigenvalue weighted by molar-refractivity contribution is 5.73. The molecule has 0 aliphatic rings. The molecule has 1 aromatic carbocycles. The van der Waals surface area contributed by atoms with Gasteiger partial charge in [0.2, 0.25) is 0 Å². The Morgan fingerprint density at radius 3 is 2.57 bits per heavy atom. The summed E-state index contributed by atoms with van der Waals surface area (Å²) in [5, 5.41) is 2.90. The van der Waals surface area contributed by atoms with Crippen molar-refractivity contribution >= 4 is 6.03 Å². The monoisotopic (exact) mass is 294 g/mol. The van der Waals surface area contributed by atoms with Crippen LogP contribution in [0, 0.1) is 0 Å². The van der Waals surface area contributed by atoms with Gasteiger partial charge in [-0.15, -0.1) is 0 Å². The normalized spacial score (nSPS) is 10.1. The first-order valence-corrected chi connectivity index (χ1v) is 7.32. The summed E-state index contributed by atoms with van der Waals surface area (Å²) in [4.78, 5) is 13.5. The largest absolute Gasteiger partial charge is 0.493 e. The molecule has 0 radical (unpaired) electrons. The van der Waals surface area contributed by atoms with E-state index < -0.39 is 0 Å². The van der Waals surface area contributed by atoms with Crippen LogP contribution in [0.25, 0.3) is 0 Å². The Balaban J connectivity index is 2.49. The van der Waals surface area contributed by atoms with Gasteiger partial charge in [0, 0.05) is 20.1 Å². The minimum atomic E-state index is -0.0241. The highest BCUT2D eigenvalue weighted by Crippen LogP contribution is 2.27. The number of amides is 2. The number of rotatable bonds is 8. The molecular weight excluding hydrogens is 268 g/mol. The van der Waals surface area contributed by atoms with Crippen molar-refractivity contribution in [3.05, 3.63) is 23.8 Å². The fraction of sp³-hybridized carbons (Fsp3) is 0.562. The van der Waals surface area contributed by atoms with Crippen LogP contribution in [-0.2, 0) is 6.42 Å². The van der Waals surface area contributed by atoms with Crippen molar-refractivity contribution < 1.29 is 14.3 Å². The lowest BCUT2D eigenvalue weighted by molar-refractivity contribution is 0.209. The lowest BCUT2D eigenvalue weighted by Crippen LogP contribution is -2.38. The van der Waals surface area contributed by atoms with Crippen LogP contribution in [0.15, 0.2) is 18.2 Å². The fourth-order valence-corrected chi connectivity index (χ4v) is 1.94. The van der Waals surface area contributed by atoms with Gasteiger partial charge in [-0.2, -0.15) is 0 Å². The van der Waals surface area contributed by atoms with Gasteiger partial charge in [0.15, 0.2) is 11.5 Å². The second-order valence-corrected chi connectivity index (χ2v) is 4.95. The second kappa shape index (κ2) is 9.10. The molecule has 118 valence electrons. The zero-order chi connectivity index (χ0) is 15.7. The molecule has 0 fully saturated rings. The minimum absolute atomic E-state index is 0.0241. The van der Waals surface area contributed by atoms with Crippen LogP contribution in [0.3, 0.4) is 0 Å². The van der Waals surface area contributed by atoms with Crippen molar-refractivity contribution in [1.82, 2.24) is 10.2 Å². The molecule has 5 nitrogen and oxygen atoms in total. The summed E-state index contributed by atoms with van der Waals surface area (Å²) < 4.78 is 10.5. The van der Waals surface area contributed by atoms with Crippen molar-refractivity contribution in [3.8, 4) is 11.5 Å². The summed E-state index contributed by atoms with van der Waals surface area (Å²) in [7, 11) is 5.04. The molecule has 0 aromatic heterocycles. The number of benzene rings is 1. The van der Waals surface area contributed by atoms with Gasteiger partial charge >= 0.3 is 6.03 Å². The standard InChI is InChI=1S/C16H26N2O3/c1-5-6-10-17-16(19)18(2)11-9-13-7-8-14(20-3)15(12-13)21-4/h7-8,12H,5-6,9-11H2,1-4H3,(H,17,19). The molecule has 5 heteroatoms. The first-order chi connectivity index (χ1) is 10.1. The molecular formula is C16H26N2O3. The zero-order valence-corrected chi connectivity index (χ0v) is 13.4. The van der Waals surface area contributed by atoms with E-state index in [9.17, 15) is 4.79 Å². The highest BCUT2D eigenvalue weighted by Gasteiger charge is 2.09. The third-order valence-electron chi connectivity index (χ3n) is 3.34. The summed E-state index contributed by atoms with van der Waals surface area (Å²) in [6, 6.07) is 5.80. The Morgan fingerprint density at radius 1 is 1.24 bits per heavy atom. The number of ether oxygens (including phenoxy) is 2. The highest BCUT2D eigenvalue weighted by atomic mass is 16.5. The third-order valence-corrected chi connectivity index (χ3v) is 3.34. The lowest BCUT2D eigenvalue weighted by Gasteiger charge is -2.18. The topological polar surface area (TPSA) is 50.8 Å². The van der Waals surface area contributed by atoms with E-state index in [1.807, 2.05) is 25.2 Å². The molecule has 0 spiro atoms. The average molecular weight is 294 g/mol. The van der Waals surface area contributed by atoms with E-state index in [0.717, 1.165) is 31.4 Å². The lowest BCUT2D eigenvalue weighted by atomic mass is 10.1. The Kier molecular flexibility index (Phi) is 7.43. The Bertz CT molecular complexity index is 449. The molecule has 0 atom stereocenters. The maximum absolute atomic E-state index is 11.8. The number of unbranched alkanes of at least 4 members (excludes halogenated alkanes) is 1. The number of nitrogens with zero attached hydrogens (tertiary/aromatic N) is 1. The second-order valence-electron chi connectivity index (χ2n) is 4.95. The molecule has 0 saturated carbocycles. The number of likely N-dealkylation sites (N-methyl/N-ethyl adjacent to an activating group) is 1. The van der Waals surface area contributed by atoms with Gasteiger partial charge in [0.25, 0.3) is 0 Å². The van der Waals surface area contributed by atoms with E-state index in [2.05, 4.69) is 12.2 Å². The SMILES string of the molecule is CCCCNC(=O)N(C)CCc1ccc(OC)c(OC)c1. The Labute approximate surface area is 127 Å². The third kappa shape index (κ3) is 5.53. The molecule has 2 amide bonds. The maximum atomic E-state index is 11.8. The average Bonchev–Trinajstić information content (AvgIpc) is 2.52. The van der Waals surface area contributed by atoms with Crippen LogP contribution < -0.4 is 14.8 Å². The van der Waals surface area contributed by atoms with Crippen molar-refractivity contribution in [1.29, 1.82) is 0 Å². The maximum Gasteiger partial charge on any atom is 0.317 e. The molecule has 21 heavy (non-hydrogen) atoms. The van der Waals surface area contributed by atoms with E-state index in [1.54, 1.807) is 19.1 Å². The zero-order valence-electron chi connectivity index (χ0n) is 13.4. The van der Waals surface area contributed by atoms with Gasteiger partial charge in [0.05, 0.1) is 14.2 Å². The smallest absolute Gasteiger partial charge is 0.317 e. The van der Waals surface area contributed by atoms with Crippen molar-refractivity contribution in [3.63, 3.8) is 0 Å². The van der Waals surface area contributed by atoms with E-state index >= 15 is 0 Å². The van der Waals surface area contributed by atoms with Crippen LogP contribution in [0.1, 0.15) is 25.3 Å². The number of hydrogen-bond acceptors (Lipinski definition) is 3. The van der Waals surface area contributed by atoms with E-state index in [1.165, 1.54) is 0 Å². The van der Waals surface area contributed by atoms with E-state index in [4.69, 9.17) is 9.47 Å².